The number of rotatable bonds is 2. The lowest BCUT2D eigenvalue weighted by atomic mass is 10.2. The van der Waals surface area contributed by atoms with Gasteiger partial charge in [0.25, 0.3) is 0 Å². The van der Waals surface area contributed by atoms with E-state index in [0.717, 1.165) is 0 Å². The van der Waals surface area contributed by atoms with E-state index in [9.17, 15) is 9.13 Å². The highest BCUT2D eigenvalue weighted by atomic mass is 32.7. The molecule has 224 valence electrons. The molecular formula is C20H24N10O8P2S2. The SMILES string of the molecule is Nc1ncnc2c1ncn2[C@H]1C[C@@H]2OP(=O)(S)OCC3O[C@@H](n4cnc5c(N)ncnc54)C[C@@H]3O[P@](=O)(S)OCC2O1. The number of nitrogens with zero attached hydrogens (tertiary/aromatic N) is 8. The number of nitrogens with two attached hydrogens (primary N) is 2. The van der Waals surface area contributed by atoms with Crippen LogP contribution in [0.4, 0.5) is 11.6 Å². The molecule has 0 bridgehead atoms. The molecule has 0 radical (unpaired) electrons. The molecule has 42 heavy (non-hydrogen) atoms. The summed E-state index contributed by atoms with van der Waals surface area (Å²) in [4.78, 5) is 24.9. The van der Waals surface area contributed by atoms with Crippen molar-refractivity contribution >= 4 is 72.1 Å². The number of thiol groups is 2. The zero-order chi connectivity index (χ0) is 29.2. The fourth-order valence-corrected chi connectivity index (χ4v) is 8.21. The zero-order valence-electron chi connectivity index (χ0n) is 21.4. The minimum atomic E-state index is -3.97. The summed E-state index contributed by atoms with van der Waals surface area (Å²) in [5.41, 5.74) is 13.5. The Morgan fingerprint density at radius 2 is 1.12 bits per heavy atom. The molecule has 4 aromatic heterocycles. The molecular weight excluding hydrogens is 634 g/mol. The molecule has 7 rings (SSSR count). The Hall–Kier alpha value is -2.38. The van der Waals surface area contributed by atoms with Crippen LogP contribution in [0, 0.1) is 0 Å². The normalized spacial score (nSPS) is 36.0. The number of hydrogen-bond acceptors (Lipinski definition) is 16. The Kier molecular flexibility index (Phi) is 7.20. The second-order valence-corrected chi connectivity index (χ2v) is 15.5. The van der Waals surface area contributed by atoms with Crippen molar-refractivity contribution in [1.29, 1.82) is 0 Å². The van der Waals surface area contributed by atoms with Crippen LogP contribution in [-0.2, 0) is 36.7 Å². The van der Waals surface area contributed by atoms with E-state index < -0.39 is 50.5 Å². The average molecular weight is 659 g/mol. The third-order valence-electron chi connectivity index (χ3n) is 7.10. The van der Waals surface area contributed by atoms with Crippen molar-refractivity contribution in [3.63, 3.8) is 0 Å². The van der Waals surface area contributed by atoms with Crippen molar-refractivity contribution in [1.82, 2.24) is 39.0 Å². The highest BCUT2D eigenvalue weighted by Gasteiger charge is 2.47. The minimum Gasteiger partial charge on any atom is -0.382 e. The Balaban J connectivity index is 1.12. The van der Waals surface area contributed by atoms with Crippen molar-refractivity contribution < 1.29 is 36.7 Å². The molecule has 0 aliphatic carbocycles. The molecule has 3 unspecified atom stereocenters. The summed E-state index contributed by atoms with van der Waals surface area (Å²) in [7, 11) is 0. The van der Waals surface area contributed by atoms with Gasteiger partial charge in [-0.25, -0.2) is 39.0 Å². The molecule has 18 nitrogen and oxygen atoms in total. The molecule has 4 N–H and O–H groups in total. The maximum atomic E-state index is 13.4. The van der Waals surface area contributed by atoms with Crippen LogP contribution in [0.25, 0.3) is 22.3 Å². The van der Waals surface area contributed by atoms with E-state index in [1.807, 2.05) is 0 Å². The number of hydrogen-bond donors (Lipinski definition) is 4. The van der Waals surface area contributed by atoms with Crippen molar-refractivity contribution in [2.75, 3.05) is 24.7 Å². The summed E-state index contributed by atoms with van der Waals surface area (Å²) < 4.78 is 65.2. The fraction of sp³-hybridized carbons (Fsp3) is 0.500. The Morgan fingerprint density at radius 3 is 1.55 bits per heavy atom. The number of anilines is 2. The molecule has 4 aromatic rings. The summed E-state index contributed by atoms with van der Waals surface area (Å²) >= 11 is 8.38. The van der Waals surface area contributed by atoms with Crippen LogP contribution in [0.3, 0.4) is 0 Å². The molecule has 3 aliphatic heterocycles. The lowest BCUT2D eigenvalue weighted by Crippen LogP contribution is -2.31. The van der Waals surface area contributed by atoms with Gasteiger partial charge in [-0.2, -0.15) is 0 Å². The van der Waals surface area contributed by atoms with Crippen LogP contribution < -0.4 is 11.5 Å². The third-order valence-corrected chi connectivity index (χ3v) is 10.4. The number of nitrogen functional groups attached to an aromatic ring is 2. The van der Waals surface area contributed by atoms with E-state index in [2.05, 4.69) is 54.4 Å². The Labute approximate surface area is 247 Å². The zero-order valence-corrected chi connectivity index (χ0v) is 25.0. The molecule has 8 atom stereocenters. The predicted octanol–water partition coefficient (Wildman–Crippen LogP) is 2.30. The maximum Gasteiger partial charge on any atom is 0.386 e. The van der Waals surface area contributed by atoms with Gasteiger partial charge in [-0.05, 0) is 0 Å². The van der Waals surface area contributed by atoms with Crippen LogP contribution >= 0.6 is 38.1 Å². The van der Waals surface area contributed by atoms with E-state index >= 15 is 0 Å². The summed E-state index contributed by atoms with van der Waals surface area (Å²) in [6.45, 7) is -8.48. The number of imidazole rings is 2. The van der Waals surface area contributed by atoms with E-state index in [0.29, 0.717) is 22.3 Å². The molecule has 7 heterocycles. The van der Waals surface area contributed by atoms with Gasteiger partial charge in [0.15, 0.2) is 22.9 Å². The second kappa shape index (κ2) is 10.7. The highest BCUT2D eigenvalue weighted by Crippen LogP contribution is 2.60. The Bertz CT molecular complexity index is 1630. The molecule has 3 saturated heterocycles. The van der Waals surface area contributed by atoms with Crippen molar-refractivity contribution in [2.45, 2.75) is 49.7 Å². The molecule has 3 fully saturated rings. The second-order valence-electron chi connectivity index (χ2n) is 9.71. The van der Waals surface area contributed by atoms with Gasteiger partial charge in [0, 0.05) is 12.8 Å². The quantitative estimate of drug-likeness (QED) is 0.179. The van der Waals surface area contributed by atoms with Crippen molar-refractivity contribution in [3.8, 4) is 0 Å². The van der Waals surface area contributed by atoms with Crippen LogP contribution in [0.1, 0.15) is 25.3 Å². The fourth-order valence-electron chi connectivity index (χ4n) is 5.16. The first kappa shape index (κ1) is 28.4. The van der Waals surface area contributed by atoms with Gasteiger partial charge in [-0.15, -0.1) is 0 Å². The van der Waals surface area contributed by atoms with Gasteiger partial charge < -0.3 is 20.9 Å². The lowest BCUT2D eigenvalue weighted by molar-refractivity contribution is -0.0535. The first-order valence-electron chi connectivity index (χ1n) is 12.6. The van der Waals surface area contributed by atoms with Gasteiger partial charge in [0.1, 0.15) is 60.6 Å². The molecule has 0 aromatic carbocycles. The molecule has 0 spiro atoms. The van der Waals surface area contributed by atoms with Gasteiger partial charge >= 0.3 is 13.6 Å². The number of fused-ring (bicyclic) bond motifs is 4. The monoisotopic (exact) mass is 658 g/mol. The van der Waals surface area contributed by atoms with E-state index in [-0.39, 0.29) is 37.7 Å². The van der Waals surface area contributed by atoms with Gasteiger partial charge in [0.2, 0.25) is 0 Å². The van der Waals surface area contributed by atoms with Crippen molar-refractivity contribution in [2.24, 2.45) is 0 Å². The third kappa shape index (κ3) is 5.29. The molecule has 22 heteroatoms. The van der Waals surface area contributed by atoms with Crippen molar-refractivity contribution in [3.05, 3.63) is 25.3 Å². The standard InChI is InChI=1S/C20H24N10O8P2S2/c21-17-15-19(25-5-23-17)29(7-27-15)13-1-9-11(35-13)3-33-40(32,42)38-10-2-14(36-12(10)4-34-39(31,41)37-9)30-8-28-16-18(22)24-6-26-20(16)30/h5-14H,1-4H2,(H,31,41)(H,32,42)(H2,21,23,25)(H2,22,24,26)/t9-,10-,11?,12?,13+,14+,39+,40?/m0/s1. The maximum absolute atomic E-state index is 13.4. The van der Waals surface area contributed by atoms with Crippen LogP contribution in [0.15, 0.2) is 25.3 Å². The summed E-state index contributed by atoms with van der Waals surface area (Å²) in [5, 5.41) is 0. The van der Waals surface area contributed by atoms with Gasteiger partial charge in [0.05, 0.1) is 25.9 Å². The lowest BCUT2D eigenvalue weighted by Gasteiger charge is -2.27. The largest absolute Gasteiger partial charge is 0.386 e. The molecule has 3 aliphatic rings. The van der Waals surface area contributed by atoms with E-state index in [1.165, 1.54) is 25.3 Å². The smallest absolute Gasteiger partial charge is 0.382 e. The Morgan fingerprint density at radius 1 is 0.690 bits per heavy atom. The van der Waals surface area contributed by atoms with Crippen LogP contribution in [-0.4, -0.2) is 76.7 Å². The molecule has 0 saturated carbocycles. The first-order chi connectivity index (χ1) is 20.1. The van der Waals surface area contributed by atoms with Crippen LogP contribution in [0.5, 0.6) is 0 Å². The molecule has 0 amide bonds. The summed E-state index contributed by atoms with van der Waals surface area (Å²) in [5.74, 6) is 0.413. The van der Waals surface area contributed by atoms with Gasteiger partial charge in [-0.3, -0.25) is 27.2 Å². The predicted molar refractivity (Wildman–Crippen MR) is 151 cm³/mol. The van der Waals surface area contributed by atoms with Gasteiger partial charge in [-0.1, -0.05) is 24.5 Å². The highest BCUT2D eigenvalue weighted by molar-refractivity contribution is 8.44. The summed E-state index contributed by atoms with van der Waals surface area (Å²) in [6, 6.07) is 0. The number of ether oxygens (including phenoxy) is 2. The first-order valence-corrected chi connectivity index (χ1v) is 17.9. The topological polar surface area (TPSA) is 229 Å². The average Bonchev–Trinajstić information content (AvgIpc) is 3.71. The van der Waals surface area contributed by atoms with E-state index in [1.54, 1.807) is 9.13 Å². The van der Waals surface area contributed by atoms with E-state index in [4.69, 9.17) is 39.0 Å². The summed E-state index contributed by atoms with van der Waals surface area (Å²) in [6.07, 6.45) is 1.21. The van der Waals surface area contributed by atoms with Crippen LogP contribution in [0.2, 0.25) is 0 Å². The number of aromatic nitrogens is 8. The minimum absolute atomic E-state index is 0.179.